The van der Waals surface area contributed by atoms with Crippen molar-refractivity contribution in [3.63, 3.8) is 0 Å². The zero-order valence-electron chi connectivity index (χ0n) is 24.6. The first-order valence-corrected chi connectivity index (χ1v) is 13.9. The summed E-state index contributed by atoms with van der Waals surface area (Å²) in [5.41, 5.74) is 0.563. The number of pyridine rings is 1. The fourth-order valence-electron chi connectivity index (χ4n) is 4.19. The molecule has 0 bridgehead atoms. The Morgan fingerprint density at radius 3 is 2.50 bits per heavy atom. The predicted octanol–water partition coefficient (Wildman–Crippen LogP) is 4.85. The first-order chi connectivity index (χ1) is 20.9. The van der Waals surface area contributed by atoms with Crippen LogP contribution in [-0.2, 0) is 16.0 Å². The number of aromatic nitrogens is 1. The number of ether oxygens (including phenoxy) is 2. The summed E-state index contributed by atoms with van der Waals surface area (Å²) in [6, 6.07) is 9.87. The lowest BCUT2D eigenvalue weighted by atomic mass is 10.0. The molecule has 12 heteroatoms. The van der Waals surface area contributed by atoms with Gasteiger partial charge in [-0.3, -0.25) is 20.0 Å². The maximum Gasteiger partial charge on any atom is 0.407 e. The largest absolute Gasteiger partial charge is 0.453 e. The molecule has 1 fully saturated rings. The van der Waals surface area contributed by atoms with Crippen molar-refractivity contribution < 1.29 is 32.6 Å². The van der Waals surface area contributed by atoms with E-state index in [0.29, 0.717) is 35.9 Å². The lowest BCUT2D eigenvalue weighted by Gasteiger charge is -2.38. The van der Waals surface area contributed by atoms with Gasteiger partial charge in [0, 0.05) is 55.8 Å². The van der Waals surface area contributed by atoms with E-state index in [-0.39, 0.29) is 17.9 Å². The molecule has 1 aliphatic rings. The molecule has 0 aliphatic carbocycles. The minimum atomic E-state index is -0.843. The van der Waals surface area contributed by atoms with E-state index in [1.165, 1.54) is 48.8 Å². The molecule has 1 aliphatic heterocycles. The molecule has 4 rings (SSSR count). The number of carbonyl (C=O) groups is 3. The number of hydrogen-bond acceptors (Lipinski definition) is 7. The Balaban J connectivity index is 1.25. The SMILES string of the molecule is CC(C)(C)OC(=O)NCC1CN(CC#Cc2cnccc2Oc2ccc(NC(=O)NC(=O)Cc3ccc(F)cc3)cc2F)C1. The summed E-state index contributed by atoms with van der Waals surface area (Å²) >= 11 is 0. The van der Waals surface area contributed by atoms with Crippen LogP contribution in [0.2, 0.25) is 0 Å². The highest BCUT2D eigenvalue weighted by Gasteiger charge is 2.27. The molecule has 2 aromatic carbocycles. The predicted molar refractivity (Wildman–Crippen MR) is 159 cm³/mol. The standard InChI is InChI=1S/C32H33F2N5O5/c1-32(2,3)44-31(42)36-17-22-19-39(20-22)14-4-5-23-18-35-13-12-27(23)43-28-11-10-25(16-26(28)34)37-30(41)38-29(40)15-21-6-8-24(33)9-7-21/h6-13,16,18,22H,14-15,17,19-20H2,1-3H3,(H,36,42)(H2,37,38,40,41). The van der Waals surface area contributed by atoms with Gasteiger partial charge in [-0.2, -0.15) is 0 Å². The van der Waals surface area contributed by atoms with Gasteiger partial charge in [-0.25, -0.2) is 18.4 Å². The molecule has 1 saturated heterocycles. The van der Waals surface area contributed by atoms with Gasteiger partial charge in [0.2, 0.25) is 5.91 Å². The fraction of sp³-hybridized carbons (Fsp3) is 0.312. The number of amides is 4. The van der Waals surface area contributed by atoms with Crippen molar-refractivity contribution in [2.24, 2.45) is 5.92 Å². The monoisotopic (exact) mass is 605 g/mol. The number of urea groups is 1. The number of nitrogens with one attached hydrogen (secondary N) is 3. The van der Waals surface area contributed by atoms with E-state index in [1.54, 1.807) is 6.07 Å². The summed E-state index contributed by atoms with van der Waals surface area (Å²) in [5.74, 6) is 4.83. The molecule has 0 unspecified atom stereocenters. The minimum absolute atomic E-state index is 0.0966. The maximum atomic E-state index is 14.9. The fourth-order valence-corrected chi connectivity index (χ4v) is 4.19. The number of likely N-dealkylation sites (tertiary alicyclic amines) is 1. The van der Waals surface area contributed by atoms with Gasteiger partial charge in [-0.1, -0.05) is 24.0 Å². The molecule has 44 heavy (non-hydrogen) atoms. The average Bonchev–Trinajstić information content (AvgIpc) is 2.92. The van der Waals surface area contributed by atoms with Crippen molar-refractivity contribution in [1.82, 2.24) is 20.5 Å². The Morgan fingerprint density at radius 2 is 1.80 bits per heavy atom. The van der Waals surface area contributed by atoms with Crippen LogP contribution in [0.25, 0.3) is 0 Å². The van der Waals surface area contributed by atoms with E-state index in [4.69, 9.17) is 9.47 Å². The number of alkyl carbamates (subject to hydrolysis) is 1. The first-order valence-electron chi connectivity index (χ1n) is 13.9. The van der Waals surface area contributed by atoms with E-state index in [2.05, 4.69) is 37.7 Å². The first kappa shape index (κ1) is 31.9. The number of carbonyl (C=O) groups excluding carboxylic acids is 3. The molecule has 0 saturated carbocycles. The lowest BCUT2D eigenvalue weighted by Crippen LogP contribution is -2.51. The smallest absolute Gasteiger partial charge is 0.407 e. The van der Waals surface area contributed by atoms with Crippen LogP contribution in [-0.4, -0.2) is 59.7 Å². The van der Waals surface area contributed by atoms with Crippen LogP contribution in [0.15, 0.2) is 60.9 Å². The Labute approximate surface area is 254 Å². The van der Waals surface area contributed by atoms with Crippen LogP contribution in [0.4, 0.5) is 24.1 Å². The van der Waals surface area contributed by atoms with Crippen LogP contribution in [0.3, 0.4) is 0 Å². The number of rotatable bonds is 8. The van der Waals surface area contributed by atoms with Gasteiger partial charge in [0.05, 0.1) is 18.5 Å². The number of nitrogens with zero attached hydrogens (tertiary/aromatic N) is 2. The number of imide groups is 1. The van der Waals surface area contributed by atoms with E-state index in [9.17, 15) is 23.2 Å². The second-order valence-corrected chi connectivity index (χ2v) is 11.2. The van der Waals surface area contributed by atoms with Crippen molar-refractivity contribution >= 4 is 23.7 Å². The molecular weight excluding hydrogens is 572 g/mol. The Morgan fingerprint density at radius 1 is 1.05 bits per heavy atom. The summed E-state index contributed by atoms with van der Waals surface area (Å²) in [7, 11) is 0. The zero-order valence-corrected chi connectivity index (χ0v) is 24.6. The molecule has 230 valence electrons. The normalized spacial score (nSPS) is 13.1. The summed E-state index contributed by atoms with van der Waals surface area (Å²) in [6.07, 6.45) is 2.46. The van der Waals surface area contributed by atoms with Crippen molar-refractivity contribution in [1.29, 1.82) is 0 Å². The summed E-state index contributed by atoms with van der Waals surface area (Å²) in [6.45, 7) is 8.04. The molecule has 0 spiro atoms. The van der Waals surface area contributed by atoms with E-state index in [0.717, 1.165) is 19.2 Å². The molecular formula is C32H33F2N5O5. The van der Waals surface area contributed by atoms with Gasteiger partial charge in [0.1, 0.15) is 17.2 Å². The molecule has 0 atom stereocenters. The highest BCUT2D eigenvalue weighted by molar-refractivity contribution is 6.01. The highest BCUT2D eigenvalue weighted by atomic mass is 19.1. The van der Waals surface area contributed by atoms with Crippen LogP contribution in [0, 0.1) is 29.4 Å². The van der Waals surface area contributed by atoms with E-state index < -0.39 is 35.3 Å². The van der Waals surface area contributed by atoms with Crippen molar-refractivity contribution in [3.05, 3.63) is 83.7 Å². The third kappa shape index (κ3) is 10.1. The summed E-state index contributed by atoms with van der Waals surface area (Å²) in [4.78, 5) is 42.3. The third-order valence-electron chi connectivity index (χ3n) is 6.21. The zero-order chi connectivity index (χ0) is 31.7. The van der Waals surface area contributed by atoms with Crippen molar-refractivity contribution in [3.8, 4) is 23.3 Å². The molecule has 2 heterocycles. The van der Waals surface area contributed by atoms with Gasteiger partial charge in [0.15, 0.2) is 11.6 Å². The Hall–Kier alpha value is -5.02. The van der Waals surface area contributed by atoms with Gasteiger partial charge in [-0.15, -0.1) is 0 Å². The van der Waals surface area contributed by atoms with Crippen LogP contribution >= 0.6 is 0 Å². The Kier molecular flexibility index (Phi) is 10.5. The minimum Gasteiger partial charge on any atom is -0.453 e. The van der Waals surface area contributed by atoms with Crippen LogP contribution in [0.5, 0.6) is 11.5 Å². The Bertz CT molecular complexity index is 1560. The highest BCUT2D eigenvalue weighted by Crippen LogP contribution is 2.28. The molecule has 3 N–H and O–H groups in total. The van der Waals surface area contributed by atoms with E-state index >= 15 is 0 Å². The maximum absolute atomic E-state index is 14.9. The van der Waals surface area contributed by atoms with Crippen LogP contribution in [0.1, 0.15) is 31.9 Å². The van der Waals surface area contributed by atoms with Gasteiger partial charge >= 0.3 is 12.1 Å². The lowest BCUT2D eigenvalue weighted by molar-refractivity contribution is -0.119. The summed E-state index contributed by atoms with van der Waals surface area (Å²) in [5, 5.41) is 7.32. The summed E-state index contributed by atoms with van der Waals surface area (Å²) < 4.78 is 38.9. The molecule has 1 aromatic heterocycles. The molecule has 4 amide bonds. The molecule has 3 aromatic rings. The second-order valence-electron chi connectivity index (χ2n) is 11.2. The van der Waals surface area contributed by atoms with Gasteiger partial charge < -0.3 is 20.1 Å². The second kappa shape index (κ2) is 14.4. The van der Waals surface area contributed by atoms with Gasteiger partial charge in [0.25, 0.3) is 0 Å². The van der Waals surface area contributed by atoms with E-state index in [1.807, 2.05) is 20.8 Å². The average molecular weight is 606 g/mol. The number of anilines is 1. The van der Waals surface area contributed by atoms with Crippen LogP contribution < -0.4 is 20.7 Å². The number of halogens is 2. The topological polar surface area (TPSA) is 122 Å². The third-order valence-corrected chi connectivity index (χ3v) is 6.21. The van der Waals surface area contributed by atoms with Crippen molar-refractivity contribution in [2.75, 3.05) is 31.5 Å². The molecule has 10 nitrogen and oxygen atoms in total. The van der Waals surface area contributed by atoms with Crippen molar-refractivity contribution in [2.45, 2.75) is 32.8 Å². The van der Waals surface area contributed by atoms with Gasteiger partial charge in [-0.05, 0) is 50.6 Å². The molecule has 0 radical (unpaired) electrons. The number of benzene rings is 2. The quantitative estimate of drug-likeness (QED) is 0.314. The number of hydrogen-bond donors (Lipinski definition) is 3.